The zero-order chi connectivity index (χ0) is 13.8. The molecule has 0 aliphatic heterocycles. The standard InChI is InChI=1S/C13H16N2O3S/c1-14-6-12-15-9(7-19-12)8-4-10(17-2)13(16)11(5-8)18-3/h4-5,7,14,16H,6H2,1-3H3. The first-order valence-corrected chi connectivity index (χ1v) is 6.62. The second kappa shape index (κ2) is 5.90. The van der Waals surface area contributed by atoms with Gasteiger partial charge >= 0.3 is 0 Å². The number of hydrogen-bond donors (Lipinski definition) is 2. The molecule has 1 aromatic heterocycles. The van der Waals surface area contributed by atoms with Crippen LogP contribution in [0.25, 0.3) is 11.3 Å². The van der Waals surface area contributed by atoms with Crippen LogP contribution in [0, 0.1) is 0 Å². The van der Waals surface area contributed by atoms with Gasteiger partial charge in [-0.3, -0.25) is 0 Å². The molecule has 19 heavy (non-hydrogen) atoms. The van der Waals surface area contributed by atoms with Crippen molar-refractivity contribution in [3.63, 3.8) is 0 Å². The van der Waals surface area contributed by atoms with Crippen LogP contribution < -0.4 is 14.8 Å². The summed E-state index contributed by atoms with van der Waals surface area (Å²) in [7, 11) is 4.89. The molecule has 0 aliphatic rings. The molecular formula is C13H16N2O3S. The minimum Gasteiger partial charge on any atom is -0.502 e. The van der Waals surface area contributed by atoms with Gasteiger partial charge in [0.25, 0.3) is 0 Å². The van der Waals surface area contributed by atoms with E-state index in [4.69, 9.17) is 9.47 Å². The van der Waals surface area contributed by atoms with Gasteiger partial charge in [-0.05, 0) is 19.2 Å². The number of nitrogens with one attached hydrogen (secondary N) is 1. The number of benzene rings is 1. The molecule has 0 fully saturated rings. The molecule has 1 heterocycles. The van der Waals surface area contributed by atoms with Crippen molar-refractivity contribution in [3.05, 3.63) is 22.5 Å². The first kappa shape index (κ1) is 13.6. The summed E-state index contributed by atoms with van der Waals surface area (Å²) in [4.78, 5) is 4.51. The molecule has 6 heteroatoms. The maximum atomic E-state index is 9.87. The molecule has 0 saturated heterocycles. The van der Waals surface area contributed by atoms with Gasteiger partial charge in [-0.25, -0.2) is 4.98 Å². The van der Waals surface area contributed by atoms with Crippen LogP contribution in [0.2, 0.25) is 0 Å². The van der Waals surface area contributed by atoms with E-state index >= 15 is 0 Å². The SMILES string of the molecule is CNCc1nc(-c2cc(OC)c(O)c(OC)c2)cs1. The van der Waals surface area contributed by atoms with Gasteiger partial charge in [-0.15, -0.1) is 11.3 Å². The lowest BCUT2D eigenvalue weighted by molar-refractivity contribution is 0.340. The van der Waals surface area contributed by atoms with Gasteiger partial charge in [0.15, 0.2) is 11.5 Å². The first-order valence-electron chi connectivity index (χ1n) is 5.74. The molecule has 0 radical (unpaired) electrons. The lowest BCUT2D eigenvalue weighted by Crippen LogP contribution is -2.04. The van der Waals surface area contributed by atoms with Crippen molar-refractivity contribution in [2.75, 3.05) is 21.3 Å². The van der Waals surface area contributed by atoms with Gasteiger partial charge in [-0.2, -0.15) is 0 Å². The molecule has 0 unspecified atom stereocenters. The van der Waals surface area contributed by atoms with Gasteiger partial charge in [0.1, 0.15) is 5.01 Å². The van der Waals surface area contributed by atoms with E-state index in [0.29, 0.717) is 11.5 Å². The molecule has 102 valence electrons. The number of thiazole rings is 1. The van der Waals surface area contributed by atoms with Gasteiger partial charge in [0, 0.05) is 17.5 Å². The minimum atomic E-state index is -0.000530. The highest BCUT2D eigenvalue weighted by Crippen LogP contribution is 2.40. The lowest BCUT2D eigenvalue weighted by Gasteiger charge is -2.10. The van der Waals surface area contributed by atoms with E-state index in [1.807, 2.05) is 12.4 Å². The average Bonchev–Trinajstić information content (AvgIpc) is 2.88. The van der Waals surface area contributed by atoms with Crippen molar-refractivity contribution in [3.8, 4) is 28.5 Å². The van der Waals surface area contributed by atoms with Crippen LogP contribution in [0.15, 0.2) is 17.5 Å². The van der Waals surface area contributed by atoms with E-state index in [1.165, 1.54) is 14.2 Å². The van der Waals surface area contributed by atoms with E-state index in [2.05, 4.69) is 10.3 Å². The monoisotopic (exact) mass is 280 g/mol. The Morgan fingerprint density at radius 1 is 1.26 bits per heavy atom. The molecule has 0 amide bonds. The van der Waals surface area contributed by atoms with Gasteiger partial charge in [0.2, 0.25) is 5.75 Å². The third-order valence-electron chi connectivity index (χ3n) is 2.66. The summed E-state index contributed by atoms with van der Waals surface area (Å²) < 4.78 is 10.3. The number of nitrogens with zero attached hydrogens (tertiary/aromatic N) is 1. The van der Waals surface area contributed by atoms with E-state index in [1.54, 1.807) is 23.5 Å². The Morgan fingerprint density at radius 2 is 1.89 bits per heavy atom. The number of aromatic hydroxyl groups is 1. The maximum Gasteiger partial charge on any atom is 0.200 e. The highest BCUT2D eigenvalue weighted by Gasteiger charge is 2.13. The summed E-state index contributed by atoms with van der Waals surface area (Å²) in [6.45, 7) is 0.733. The van der Waals surface area contributed by atoms with E-state index in [-0.39, 0.29) is 5.75 Å². The van der Waals surface area contributed by atoms with Crippen molar-refractivity contribution >= 4 is 11.3 Å². The zero-order valence-electron chi connectivity index (χ0n) is 11.1. The Morgan fingerprint density at radius 3 is 2.42 bits per heavy atom. The summed E-state index contributed by atoms with van der Waals surface area (Å²) in [5.74, 6) is 0.745. The van der Waals surface area contributed by atoms with Crippen LogP contribution in [-0.4, -0.2) is 31.4 Å². The second-order valence-corrected chi connectivity index (χ2v) is 4.83. The van der Waals surface area contributed by atoms with Crippen molar-refractivity contribution in [1.29, 1.82) is 0 Å². The summed E-state index contributed by atoms with van der Waals surface area (Å²) >= 11 is 1.58. The quantitative estimate of drug-likeness (QED) is 0.879. The molecule has 2 N–H and O–H groups in total. The third kappa shape index (κ3) is 2.80. The van der Waals surface area contributed by atoms with Crippen molar-refractivity contribution in [2.45, 2.75) is 6.54 Å². The number of methoxy groups -OCH3 is 2. The molecular weight excluding hydrogens is 264 g/mol. The van der Waals surface area contributed by atoms with Crippen LogP contribution in [0.3, 0.4) is 0 Å². The molecule has 5 nitrogen and oxygen atoms in total. The van der Waals surface area contributed by atoms with Crippen LogP contribution in [0.4, 0.5) is 0 Å². The molecule has 2 rings (SSSR count). The Kier molecular flexibility index (Phi) is 4.24. The normalized spacial score (nSPS) is 10.5. The van der Waals surface area contributed by atoms with Crippen molar-refractivity contribution in [2.24, 2.45) is 0 Å². The topological polar surface area (TPSA) is 63.6 Å². The molecule has 0 aliphatic carbocycles. The number of rotatable bonds is 5. The van der Waals surface area contributed by atoms with Gasteiger partial charge in [-0.1, -0.05) is 0 Å². The molecule has 0 atom stereocenters. The summed E-state index contributed by atoms with van der Waals surface area (Å²) in [5.41, 5.74) is 1.69. The van der Waals surface area contributed by atoms with E-state index < -0.39 is 0 Å². The Hall–Kier alpha value is -1.79. The molecule has 1 aromatic carbocycles. The average molecular weight is 280 g/mol. The Labute approximate surface area is 115 Å². The Balaban J connectivity index is 2.43. The summed E-state index contributed by atoms with van der Waals surface area (Å²) in [6.07, 6.45) is 0. The predicted octanol–water partition coefficient (Wildman–Crippen LogP) is 2.25. The first-order chi connectivity index (χ1) is 9.19. The largest absolute Gasteiger partial charge is 0.502 e. The van der Waals surface area contributed by atoms with Crippen LogP contribution in [0.5, 0.6) is 17.2 Å². The molecule has 0 bridgehead atoms. The summed E-state index contributed by atoms with van der Waals surface area (Å²) in [6, 6.07) is 3.49. The highest BCUT2D eigenvalue weighted by molar-refractivity contribution is 7.09. The van der Waals surface area contributed by atoms with Gasteiger partial charge in [0.05, 0.1) is 19.9 Å². The number of phenols is 1. The third-order valence-corrected chi connectivity index (χ3v) is 3.50. The van der Waals surface area contributed by atoms with E-state index in [9.17, 15) is 5.11 Å². The second-order valence-electron chi connectivity index (χ2n) is 3.89. The van der Waals surface area contributed by atoms with Crippen molar-refractivity contribution < 1.29 is 14.6 Å². The van der Waals surface area contributed by atoms with Crippen molar-refractivity contribution in [1.82, 2.24) is 10.3 Å². The Bertz CT molecular complexity index is 544. The summed E-state index contributed by atoms with van der Waals surface area (Å²) in [5, 5.41) is 15.9. The van der Waals surface area contributed by atoms with Crippen LogP contribution in [0.1, 0.15) is 5.01 Å². The fraction of sp³-hybridized carbons (Fsp3) is 0.308. The smallest absolute Gasteiger partial charge is 0.200 e. The van der Waals surface area contributed by atoms with E-state index in [0.717, 1.165) is 22.8 Å². The number of aromatic nitrogens is 1. The van der Waals surface area contributed by atoms with Crippen LogP contribution >= 0.6 is 11.3 Å². The molecule has 2 aromatic rings. The predicted molar refractivity (Wildman–Crippen MR) is 75.1 cm³/mol. The zero-order valence-corrected chi connectivity index (χ0v) is 11.9. The van der Waals surface area contributed by atoms with Crippen LogP contribution in [-0.2, 0) is 6.54 Å². The lowest BCUT2D eigenvalue weighted by atomic mass is 10.1. The molecule has 0 saturated carbocycles. The highest BCUT2D eigenvalue weighted by atomic mass is 32.1. The minimum absolute atomic E-state index is 0.000530. The number of ether oxygens (including phenoxy) is 2. The fourth-order valence-corrected chi connectivity index (χ4v) is 2.53. The molecule has 0 spiro atoms. The number of hydrogen-bond acceptors (Lipinski definition) is 6. The van der Waals surface area contributed by atoms with Gasteiger partial charge < -0.3 is 19.9 Å². The maximum absolute atomic E-state index is 9.87. The number of phenolic OH excluding ortho intramolecular Hbond substituents is 1. The fourth-order valence-electron chi connectivity index (χ4n) is 1.72.